The monoisotopic (exact) mass is 582 g/mol. The number of pyridine rings is 1. The smallest absolute Gasteiger partial charge is 0.416 e. The number of rotatable bonds is 8. The van der Waals surface area contributed by atoms with Crippen LogP contribution in [0.1, 0.15) is 47.7 Å². The van der Waals surface area contributed by atoms with Gasteiger partial charge in [0.25, 0.3) is 0 Å². The SMILES string of the molecule is CCOC(=O)C1(c2ccc(-c3ccc(-c4onc(C)c4Cc4cncc(-c5cccc(C(F)(F)F)c5)c4)cc3)cc2)CC1. The van der Waals surface area contributed by atoms with Crippen molar-refractivity contribution in [2.75, 3.05) is 6.61 Å². The van der Waals surface area contributed by atoms with Crippen molar-refractivity contribution in [3.8, 4) is 33.6 Å². The molecular formula is C35H29F3N2O3. The Hall–Kier alpha value is -4.72. The molecule has 0 unspecified atom stereocenters. The molecule has 2 heterocycles. The number of carbonyl (C=O) groups is 1. The average Bonchev–Trinajstić information content (AvgIpc) is 3.76. The van der Waals surface area contributed by atoms with Crippen LogP contribution >= 0.6 is 0 Å². The van der Waals surface area contributed by atoms with Crippen LogP contribution in [0.4, 0.5) is 13.2 Å². The van der Waals surface area contributed by atoms with Gasteiger partial charge in [0.15, 0.2) is 5.76 Å². The first-order valence-electron chi connectivity index (χ1n) is 14.1. The van der Waals surface area contributed by atoms with E-state index in [1.807, 2.05) is 68.4 Å². The number of halogens is 3. The Morgan fingerprint density at radius 2 is 1.56 bits per heavy atom. The Bertz CT molecular complexity index is 1770. The molecule has 218 valence electrons. The minimum absolute atomic E-state index is 0.150. The second-order valence-corrected chi connectivity index (χ2v) is 10.9. The van der Waals surface area contributed by atoms with E-state index in [2.05, 4.69) is 10.1 Å². The topological polar surface area (TPSA) is 65.2 Å². The van der Waals surface area contributed by atoms with Crippen LogP contribution < -0.4 is 0 Å². The number of carbonyl (C=O) groups excluding carboxylic acids is 1. The molecule has 0 saturated heterocycles. The molecule has 1 aliphatic carbocycles. The number of benzene rings is 3. The number of hydrogen-bond acceptors (Lipinski definition) is 5. The summed E-state index contributed by atoms with van der Waals surface area (Å²) < 4.78 is 50.8. The van der Waals surface area contributed by atoms with Crippen LogP contribution in [-0.2, 0) is 27.5 Å². The summed E-state index contributed by atoms with van der Waals surface area (Å²) in [6, 6.07) is 23.1. The zero-order valence-corrected chi connectivity index (χ0v) is 23.7. The van der Waals surface area contributed by atoms with Gasteiger partial charge in [-0.1, -0.05) is 65.8 Å². The van der Waals surface area contributed by atoms with Gasteiger partial charge in [0.2, 0.25) is 0 Å². The first kappa shape index (κ1) is 28.4. The zero-order valence-electron chi connectivity index (χ0n) is 23.7. The molecular weight excluding hydrogens is 553 g/mol. The van der Waals surface area contributed by atoms with E-state index in [0.29, 0.717) is 29.9 Å². The van der Waals surface area contributed by atoms with Crippen molar-refractivity contribution in [3.05, 3.63) is 119 Å². The first-order chi connectivity index (χ1) is 20.7. The van der Waals surface area contributed by atoms with Gasteiger partial charge < -0.3 is 9.26 Å². The summed E-state index contributed by atoms with van der Waals surface area (Å²) in [6.45, 7) is 4.06. The number of aromatic nitrogens is 2. The Kier molecular flexibility index (Phi) is 7.38. The van der Waals surface area contributed by atoms with Gasteiger partial charge in [-0.05, 0) is 72.7 Å². The van der Waals surface area contributed by atoms with Gasteiger partial charge in [-0.3, -0.25) is 9.78 Å². The fraction of sp³-hybridized carbons (Fsp3) is 0.229. The highest BCUT2D eigenvalue weighted by Gasteiger charge is 2.52. The van der Waals surface area contributed by atoms with Crippen molar-refractivity contribution in [3.63, 3.8) is 0 Å². The number of alkyl halides is 3. The third-order valence-electron chi connectivity index (χ3n) is 8.02. The van der Waals surface area contributed by atoms with Crippen LogP contribution in [0.2, 0.25) is 0 Å². The standard InChI is InChI=1S/C35H29F3N2O3/c1-3-42-33(41)34(15-16-34)29-13-11-25(12-14-29)24-7-9-26(10-8-24)32-31(22(2)40-43-32)18-23-17-28(21-39-20-23)27-5-4-6-30(19-27)35(36,37)38/h4-14,17,19-21H,3,15-16,18H2,1-2H3. The molecule has 43 heavy (non-hydrogen) atoms. The van der Waals surface area contributed by atoms with Crippen LogP contribution in [0.25, 0.3) is 33.6 Å². The normalized spacial score (nSPS) is 14.0. The van der Waals surface area contributed by atoms with Crippen molar-refractivity contribution < 1.29 is 27.2 Å². The summed E-state index contributed by atoms with van der Waals surface area (Å²) in [7, 11) is 0. The number of nitrogens with zero attached hydrogens (tertiary/aromatic N) is 2. The minimum atomic E-state index is -4.42. The van der Waals surface area contributed by atoms with E-state index in [4.69, 9.17) is 9.26 Å². The van der Waals surface area contributed by atoms with Gasteiger partial charge >= 0.3 is 12.1 Å². The van der Waals surface area contributed by atoms with Crippen molar-refractivity contribution in [1.82, 2.24) is 10.1 Å². The lowest BCUT2D eigenvalue weighted by Crippen LogP contribution is -2.23. The summed E-state index contributed by atoms with van der Waals surface area (Å²) in [6.07, 6.45) is 0.920. The predicted molar refractivity (Wildman–Crippen MR) is 157 cm³/mol. The maximum absolute atomic E-state index is 13.2. The third kappa shape index (κ3) is 5.69. The molecule has 0 atom stereocenters. The Labute approximate surface area is 247 Å². The highest BCUT2D eigenvalue weighted by atomic mass is 19.4. The second-order valence-electron chi connectivity index (χ2n) is 10.9. The summed E-state index contributed by atoms with van der Waals surface area (Å²) >= 11 is 0. The van der Waals surface area contributed by atoms with Crippen LogP contribution in [-0.4, -0.2) is 22.7 Å². The zero-order chi connectivity index (χ0) is 30.2. The summed E-state index contributed by atoms with van der Waals surface area (Å²) in [5, 5.41) is 4.20. The molecule has 0 amide bonds. The Balaban J connectivity index is 1.21. The molecule has 3 aromatic carbocycles. The lowest BCUT2D eigenvalue weighted by molar-refractivity contribution is -0.146. The highest BCUT2D eigenvalue weighted by molar-refractivity contribution is 5.87. The van der Waals surface area contributed by atoms with Crippen LogP contribution in [0, 0.1) is 6.92 Å². The van der Waals surface area contributed by atoms with E-state index in [1.54, 1.807) is 18.5 Å². The number of ether oxygens (including phenoxy) is 1. The van der Waals surface area contributed by atoms with Crippen LogP contribution in [0.15, 0.2) is 95.8 Å². The maximum Gasteiger partial charge on any atom is 0.416 e. The lowest BCUT2D eigenvalue weighted by atomic mass is 9.93. The van der Waals surface area contributed by atoms with Crippen molar-refractivity contribution in [2.45, 2.75) is 44.7 Å². The fourth-order valence-electron chi connectivity index (χ4n) is 5.45. The molecule has 0 bridgehead atoms. The van der Waals surface area contributed by atoms with E-state index in [1.165, 1.54) is 6.07 Å². The molecule has 5 aromatic rings. The Morgan fingerprint density at radius 3 is 2.21 bits per heavy atom. The molecule has 1 aliphatic rings. The molecule has 0 aliphatic heterocycles. The summed E-state index contributed by atoms with van der Waals surface area (Å²) in [5.41, 5.74) is 6.19. The molecule has 2 aromatic heterocycles. The molecule has 8 heteroatoms. The van der Waals surface area contributed by atoms with Gasteiger partial charge in [-0.2, -0.15) is 13.2 Å². The van der Waals surface area contributed by atoms with Crippen molar-refractivity contribution in [1.29, 1.82) is 0 Å². The molecule has 1 fully saturated rings. The van der Waals surface area contributed by atoms with E-state index in [9.17, 15) is 18.0 Å². The van der Waals surface area contributed by atoms with Crippen LogP contribution in [0.3, 0.4) is 0 Å². The molecule has 0 radical (unpaired) electrons. The van der Waals surface area contributed by atoms with Gasteiger partial charge in [-0.25, -0.2) is 0 Å². The van der Waals surface area contributed by atoms with Gasteiger partial charge in [0.05, 0.1) is 23.3 Å². The molecule has 6 rings (SSSR count). The molecule has 0 spiro atoms. The van der Waals surface area contributed by atoms with E-state index < -0.39 is 17.2 Å². The van der Waals surface area contributed by atoms with Gasteiger partial charge in [0, 0.05) is 35.5 Å². The van der Waals surface area contributed by atoms with Gasteiger partial charge in [-0.15, -0.1) is 0 Å². The summed E-state index contributed by atoms with van der Waals surface area (Å²) in [4.78, 5) is 16.7. The molecule has 0 N–H and O–H groups in total. The predicted octanol–water partition coefficient (Wildman–Crippen LogP) is 8.58. The van der Waals surface area contributed by atoms with Crippen molar-refractivity contribution >= 4 is 5.97 Å². The number of esters is 1. The first-order valence-corrected chi connectivity index (χ1v) is 14.1. The average molecular weight is 583 g/mol. The minimum Gasteiger partial charge on any atom is -0.465 e. The van der Waals surface area contributed by atoms with E-state index >= 15 is 0 Å². The molecule has 5 nitrogen and oxygen atoms in total. The fourth-order valence-corrected chi connectivity index (χ4v) is 5.45. The van der Waals surface area contributed by atoms with Crippen LogP contribution in [0.5, 0.6) is 0 Å². The van der Waals surface area contributed by atoms with E-state index in [0.717, 1.165) is 64.0 Å². The Morgan fingerprint density at radius 1 is 0.884 bits per heavy atom. The largest absolute Gasteiger partial charge is 0.465 e. The van der Waals surface area contributed by atoms with Gasteiger partial charge in [0.1, 0.15) is 0 Å². The van der Waals surface area contributed by atoms with E-state index in [-0.39, 0.29) is 5.97 Å². The molecule has 1 saturated carbocycles. The van der Waals surface area contributed by atoms with Crippen molar-refractivity contribution in [2.24, 2.45) is 0 Å². The lowest BCUT2D eigenvalue weighted by Gasteiger charge is -2.14. The summed E-state index contributed by atoms with van der Waals surface area (Å²) in [5.74, 6) is 0.484. The quantitative estimate of drug-likeness (QED) is 0.172. The number of hydrogen-bond donors (Lipinski definition) is 0. The third-order valence-corrected chi connectivity index (χ3v) is 8.02. The number of aryl methyl sites for hydroxylation is 1. The second kappa shape index (κ2) is 11.2. The maximum atomic E-state index is 13.2. The highest BCUT2D eigenvalue weighted by Crippen LogP contribution is 2.49.